The molecule has 1 atom stereocenters. The molecule has 1 aliphatic heterocycles. The number of piperazine rings is 1. The molecule has 2 amide bonds. The fourth-order valence-electron chi connectivity index (χ4n) is 3.90. The van der Waals surface area contributed by atoms with Gasteiger partial charge in [-0.15, -0.1) is 0 Å². The highest BCUT2D eigenvalue weighted by atomic mass is 35.5. The molecular formula is C25H22ClFN6O3. The van der Waals surface area contributed by atoms with Crippen LogP contribution in [0.4, 0.5) is 10.1 Å². The highest BCUT2D eigenvalue weighted by molar-refractivity contribution is 6.30. The molecule has 36 heavy (non-hydrogen) atoms. The van der Waals surface area contributed by atoms with Crippen molar-refractivity contribution in [3.8, 4) is 17.3 Å². The van der Waals surface area contributed by atoms with Gasteiger partial charge in [0.25, 0.3) is 11.5 Å². The number of halogens is 2. The molecule has 3 aromatic rings. The van der Waals surface area contributed by atoms with Crippen molar-refractivity contribution in [1.29, 1.82) is 5.26 Å². The highest BCUT2D eigenvalue weighted by Gasteiger charge is 2.22. The maximum atomic E-state index is 13.8. The first-order chi connectivity index (χ1) is 17.2. The molecule has 184 valence electrons. The zero-order valence-electron chi connectivity index (χ0n) is 19.3. The van der Waals surface area contributed by atoms with Crippen LogP contribution in [0, 0.1) is 17.1 Å². The van der Waals surface area contributed by atoms with Crippen LogP contribution in [0.15, 0.2) is 53.3 Å². The van der Waals surface area contributed by atoms with Gasteiger partial charge in [-0.2, -0.15) is 10.4 Å². The summed E-state index contributed by atoms with van der Waals surface area (Å²) in [4.78, 5) is 39.7. The van der Waals surface area contributed by atoms with E-state index in [2.05, 4.69) is 15.7 Å². The molecule has 0 aliphatic carbocycles. The molecule has 1 aromatic heterocycles. The molecule has 2 N–H and O–H groups in total. The topological polar surface area (TPSA) is 120 Å². The van der Waals surface area contributed by atoms with Gasteiger partial charge in [0.15, 0.2) is 0 Å². The Morgan fingerprint density at radius 2 is 2.06 bits per heavy atom. The summed E-state index contributed by atoms with van der Waals surface area (Å²) in [6, 6.07) is 13.3. The quantitative estimate of drug-likeness (QED) is 0.546. The van der Waals surface area contributed by atoms with Crippen molar-refractivity contribution >= 4 is 29.1 Å². The number of benzene rings is 2. The third kappa shape index (κ3) is 5.76. The molecule has 1 aliphatic rings. The second-order valence-corrected chi connectivity index (χ2v) is 8.82. The summed E-state index contributed by atoms with van der Waals surface area (Å²) >= 11 is 5.72. The summed E-state index contributed by atoms with van der Waals surface area (Å²) in [5.41, 5.74) is 0.870. The maximum Gasteiger partial charge on any atom is 0.267 e. The first kappa shape index (κ1) is 25.0. The van der Waals surface area contributed by atoms with Gasteiger partial charge in [-0.25, -0.2) is 9.07 Å². The van der Waals surface area contributed by atoms with Crippen LogP contribution < -0.4 is 16.2 Å². The van der Waals surface area contributed by atoms with Crippen LogP contribution in [-0.4, -0.2) is 52.2 Å². The van der Waals surface area contributed by atoms with Gasteiger partial charge in [-0.05, 0) is 43.3 Å². The Bertz CT molecular complexity index is 1430. The first-order valence-corrected chi connectivity index (χ1v) is 11.5. The molecule has 0 radical (unpaired) electrons. The van der Waals surface area contributed by atoms with E-state index in [9.17, 15) is 24.0 Å². The van der Waals surface area contributed by atoms with Gasteiger partial charge in [0, 0.05) is 48.6 Å². The number of hydrogen-bond acceptors (Lipinski definition) is 6. The summed E-state index contributed by atoms with van der Waals surface area (Å²) in [6.45, 7) is 3.27. The van der Waals surface area contributed by atoms with Crippen LogP contribution in [0.25, 0.3) is 11.3 Å². The fourth-order valence-corrected chi connectivity index (χ4v) is 4.01. The first-order valence-electron chi connectivity index (χ1n) is 11.1. The minimum absolute atomic E-state index is 0.0460. The fraction of sp³-hybridized carbons (Fsp3) is 0.240. The van der Waals surface area contributed by atoms with Crippen molar-refractivity contribution in [3.63, 3.8) is 0 Å². The zero-order chi connectivity index (χ0) is 25.8. The number of carbonyl (C=O) groups is 2. The average Bonchev–Trinajstić information content (AvgIpc) is 2.86. The number of amides is 2. The normalized spacial score (nSPS) is 15.3. The van der Waals surface area contributed by atoms with E-state index < -0.39 is 23.8 Å². The summed E-state index contributed by atoms with van der Waals surface area (Å²) < 4.78 is 14.8. The molecule has 0 spiro atoms. The van der Waals surface area contributed by atoms with Crippen LogP contribution in [0.5, 0.6) is 0 Å². The van der Waals surface area contributed by atoms with Gasteiger partial charge in [-0.3, -0.25) is 14.4 Å². The van der Waals surface area contributed by atoms with Crippen LogP contribution in [0.3, 0.4) is 0 Å². The van der Waals surface area contributed by atoms with Gasteiger partial charge < -0.3 is 15.5 Å². The van der Waals surface area contributed by atoms with E-state index in [1.165, 1.54) is 42.5 Å². The lowest BCUT2D eigenvalue weighted by atomic mass is 10.1. The van der Waals surface area contributed by atoms with Gasteiger partial charge in [0.1, 0.15) is 12.4 Å². The molecule has 1 unspecified atom stereocenters. The van der Waals surface area contributed by atoms with E-state index in [4.69, 9.17) is 11.6 Å². The molecule has 4 rings (SSSR count). The number of carbonyl (C=O) groups excluding carboxylic acids is 2. The Balaban J connectivity index is 1.53. The lowest BCUT2D eigenvalue weighted by Gasteiger charge is -2.32. The molecule has 9 nitrogen and oxygen atoms in total. The third-order valence-corrected chi connectivity index (χ3v) is 5.93. The Morgan fingerprint density at radius 1 is 1.25 bits per heavy atom. The van der Waals surface area contributed by atoms with Crippen LogP contribution in [0.1, 0.15) is 22.8 Å². The molecule has 1 fully saturated rings. The highest BCUT2D eigenvalue weighted by Crippen LogP contribution is 2.22. The third-order valence-electron chi connectivity index (χ3n) is 5.62. The van der Waals surface area contributed by atoms with Crippen molar-refractivity contribution in [2.24, 2.45) is 0 Å². The van der Waals surface area contributed by atoms with Crippen molar-refractivity contribution in [1.82, 2.24) is 20.0 Å². The molecule has 11 heteroatoms. The zero-order valence-corrected chi connectivity index (χ0v) is 20.1. The Hall–Kier alpha value is -4.07. The minimum Gasteiger partial charge on any atom is -0.336 e. The second kappa shape index (κ2) is 10.7. The minimum atomic E-state index is -0.635. The van der Waals surface area contributed by atoms with E-state index in [1.807, 2.05) is 13.0 Å². The molecular weight excluding hydrogens is 487 g/mol. The number of nitrogens with zero attached hydrogens (tertiary/aromatic N) is 4. The molecule has 0 saturated carbocycles. The Labute approximate surface area is 211 Å². The van der Waals surface area contributed by atoms with Gasteiger partial charge >= 0.3 is 0 Å². The number of aromatic nitrogens is 2. The second-order valence-electron chi connectivity index (χ2n) is 8.41. The number of nitrogens with one attached hydrogen (secondary N) is 2. The van der Waals surface area contributed by atoms with Crippen molar-refractivity contribution in [3.05, 3.63) is 80.9 Å². The summed E-state index contributed by atoms with van der Waals surface area (Å²) in [6.07, 6.45) is 0. The standard InChI is InChI=1S/C25H22ClFN6O3/c1-15-13-32(7-6-29-15)25(36)18-8-16(12-28)9-19(10-18)30-23(34)14-33-24(35)5-4-22(31-33)17-2-3-20(26)21(27)11-17/h2-5,8-11,15,29H,6-7,13-14H2,1H3,(H,30,34). The SMILES string of the molecule is CC1CN(C(=O)c2cc(C#N)cc(NC(=O)Cn3nc(-c4ccc(Cl)c(F)c4)ccc3=O)c2)CCN1. The molecule has 2 heterocycles. The van der Waals surface area contributed by atoms with E-state index in [-0.39, 0.29) is 39.5 Å². The smallest absolute Gasteiger partial charge is 0.267 e. The molecule has 0 bridgehead atoms. The predicted molar refractivity (Wildman–Crippen MR) is 132 cm³/mol. The Kier molecular flexibility index (Phi) is 7.43. The van der Waals surface area contributed by atoms with E-state index in [0.29, 0.717) is 25.2 Å². The van der Waals surface area contributed by atoms with Crippen LogP contribution in [0.2, 0.25) is 5.02 Å². The van der Waals surface area contributed by atoms with Gasteiger partial charge in [-0.1, -0.05) is 17.7 Å². The van der Waals surface area contributed by atoms with Crippen molar-refractivity contribution < 1.29 is 14.0 Å². The number of rotatable bonds is 5. The molecule has 2 aromatic carbocycles. The number of nitriles is 1. The summed E-state index contributed by atoms with van der Waals surface area (Å²) in [5.74, 6) is -1.46. The van der Waals surface area contributed by atoms with Crippen LogP contribution in [-0.2, 0) is 11.3 Å². The average molecular weight is 509 g/mol. The largest absolute Gasteiger partial charge is 0.336 e. The number of anilines is 1. The van der Waals surface area contributed by atoms with Gasteiger partial charge in [0.05, 0.1) is 22.3 Å². The van der Waals surface area contributed by atoms with E-state index in [0.717, 1.165) is 4.68 Å². The lowest BCUT2D eigenvalue weighted by Crippen LogP contribution is -2.51. The summed E-state index contributed by atoms with van der Waals surface area (Å²) in [5, 5.41) is 19.4. The molecule has 1 saturated heterocycles. The van der Waals surface area contributed by atoms with Crippen molar-refractivity contribution in [2.45, 2.75) is 19.5 Å². The number of hydrogen-bond donors (Lipinski definition) is 2. The lowest BCUT2D eigenvalue weighted by molar-refractivity contribution is -0.117. The maximum absolute atomic E-state index is 13.8. The monoisotopic (exact) mass is 508 g/mol. The van der Waals surface area contributed by atoms with Crippen LogP contribution >= 0.6 is 11.6 Å². The summed E-state index contributed by atoms with van der Waals surface area (Å²) in [7, 11) is 0. The predicted octanol–water partition coefficient (Wildman–Crippen LogP) is 2.65. The van der Waals surface area contributed by atoms with Crippen molar-refractivity contribution in [2.75, 3.05) is 25.0 Å². The Morgan fingerprint density at radius 3 is 2.78 bits per heavy atom. The van der Waals surface area contributed by atoms with E-state index >= 15 is 0 Å². The van der Waals surface area contributed by atoms with E-state index in [1.54, 1.807) is 11.0 Å². The van der Waals surface area contributed by atoms with Gasteiger partial charge in [0.2, 0.25) is 5.91 Å².